The van der Waals surface area contributed by atoms with E-state index in [1.54, 1.807) is 0 Å². The van der Waals surface area contributed by atoms with Gasteiger partial charge in [-0.25, -0.2) is 0 Å². The van der Waals surface area contributed by atoms with Crippen molar-refractivity contribution in [3.63, 3.8) is 0 Å². The van der Waals surface area contributed by atoms with Gasteiger partial charge in [0.15, 0.2) is 0 Å². The molecule has 1 aliphatic heterocycles. The van der Waals surface area contributed by atoms with Gasteiger partial charge < -0.3 is 9.64 Å². The highest BCUT2D eigenvalue weighted by Gasteiger charge is 2.25. The topological polar surface area (TPSA) is 45.7 Å². The number of benzene rings is 1. The molecule has 2 heterocycles. The lowest BCUT2D eigenvalue weighted by Gasteiger charge is -2.21. The van der Waals surface area contributed by atoms with Crippen LogP contribution < -0.4 is 4.74 Å². The van der Waals surface area contributed by atoms with Crippen LogP contribution in [0.1, 0.15) is 52.0 Å². The highest BCUT2D eigenvalue weighted by Crippen LogP contribution is 2.29. The number of carbonyl (C=O) groups excluding carboxylic acids is 1. The number of rotatable bonds is 10. The number of pyridine rings is 1. The summed E-state index contributed by atoms with van der Waals surface area (Å²) in [6, 6.07) is 8.52. The zero-order chi connectivity index (χ0) is 20.6. The average Bonchev–Trinajstić information content (AvgIpc) is 3.19. The molecule has 158 valence electrons. The fourth-order valence-electron chi connectivity index (χ4n) is 4.10. The normalized spacial score (nSPS) is 17.0. The number of hydrogen-bond acceptors (Lipinski definition) is 4. The second-order valence-electron chi connectivity index (χ2n) is 7.92. The summed E-state index contributed by atoms with van der Waals surface area (Å²) >= 11 is 0. The van der Waals surface area contributed by atoms with E-state index in [1.165, 1.54) is 18.4 Å². The molecule has 2 aromatic rings. The van der Waals surface area contributed by atoms with Gasteiger partial charge in [0.05, 0.1) is 0 Å². The molecule has 0 aliphatic carbocycles. The Morgan fingerprint density at radius 2 is 2.10 bits per heavy atom. The SMILES string of the molecule is CCCCc1cc(OC2CCN(CCC(=O)N(CC)CC)C2)c2ncccc2c1. The van der Waals surface area contributed by atoms with Crippen LogP contribution in [0.25, 0.3) is 10.9 Å². The van der Waals surface area contributed by atoms with Crippen molar-refractivity contribution in [2.45, 2.75) is 59.0 Å². The molecule has 3 rings (SSSR count). The lowest BCUT2D eigenvalue weighted by molar-refractivity contribution is -0.131. The maximum atomic E-state index is 12.3. The van der Waals surface area contributed by atoms with Gasteiger partial charge in [-0.15, -0.1) is 0 Å². The van der Waals surface area contributed by atoms with Crippen molar-refractivity contribution in [2.75, 3.05) is 32.7 Å². The van der Waals surface area contributed by atoms with Gasteiger partial charge in [-0.3, -0.25) is 14.7 Å². The Morgan fingerprint density at radius 1 is 1.28 bits per heavy atom. The molecule has 1 amide bonds. The van der Waals surface area contributed by atoms with E-state index >= 15 is 0 Å². The molecular weight excluding hydrogens is 362 g/mol. The standard InChI is InChI=1S/C24H35N3O2/c1-4-7-9-19-16-20-10-8-13-25-24(20)22(17-19)29-21-11-14-26(18-21)15-12-23(28)27(5-2)6-3/h8,10,13,16-17,21H,4-7,9,11-12,14-15,18H2,1-3H3. The minimum Gasteiger partial charge on any atom is -0.487 e. The Hall–Kier alpha value is -2.14. The van der Waals surface area contributed by atoms with E-state index in [-0.39, 0.29) is 12.0 Å². The number of unbranched alkanes of at least 4 members (excludes halogenated alkanes) is 1. The Bertz CT molecular complexity index is 804. The number of amides is 1. The zero-order valence-corrected chi connectivity index (χ0v) is 18.2. The summed E-state index contributed by atoms with van der Waals surface area (Å²) in [5, 5.41) is 1.15. The van der Waals surface area contributed by atoms with Crippen LogP contribution in [0.4, 0.5) is 0 Å². The molecule has 1 unspecified atom stereocenters. The van der Waals surface area contributed by atoms with Crippen LogP contribution in [0.3, 0.4) is 0 Å². The van der Waals surface area contributed by atoms with Crippen molar-refractivity contribution >= 4 is 16.8 Å². The first-order valence-electron chi connectivity index (χ1n) is 11.2. The monoisotopic (exact) mass is 397 g/mol. The van der Waals surface area contributed by atoms with E-state index in [9.17, 15) is 4.79 Å². The molecule has 1 aromatic heterocycles. The molecule has 0 N–H and O–H groups in total. The van der Waals surface area contributed by atoms with Gasteiger partial charge in [0.1, 0.15) is 17.4 Å². The third kappa shape index (κ3) is 5.69. The molecule has 5 nitrogen and oxygen atoms in total. The van der Waals surface area contributed by atoms with E-state index in [4.69, 9.17) is 4.74 Å². The zero-order valence-electron chi connectivity index (χ0n) is 18.2. The number of hydrogen-bond donors (Lipinski definition) is 0. The number of likely N-dealkylation sites (tertiary alicyclic amines) is 1. The predicted octanol–water partition coefficient (Wildman–Crippen LogP) is 4.29. The maximum Gasteiger partial charge on any atom is 0.223 e. The molecule has 1 aromatic carbocycles. The largest absolute Gasteiger partial charge is 0.487 e. The number of nitrogens with zero attached hydrogens (tertiary/aromatic N) is 3. The van der Waals surface area contributed by atoms with Crippen molar-refractivity contribution < 1.29 is 9.53 Å². The van der Waals surface area contributed by atoms with Gasteiger partial charge in [-0.1, -0.05) is 19.4 Å². The van der Waals surface area contributed by atoms with E-state index in [1.807, 2.05) is 31.0 Å². The van der Waals surface area contributed by atoms with E-state index in [0.29, 0.717) is 6.42 Å². The summed E-state index contributed by atoms with van der Waals surface area (Å²) in [6.07, 6.45) is 7.01. The highest BCUT2D eigenvalue weighted by molar-refractivity contribution is 5.85. The summed E-state index contributed by atoms with van der Waals surface area (Å²) in [5.74, 6) is 1.15. The summed E-state index contributed by atoms with van der Waals surface area (Å²) in [4.78, 5) is 21.1. The second-order valence-corrected chi connectivity index (χ2v) is 7.92. The van der Waals surface area contributed by atoms with Crippen LogP contribution >= 0.6 is 0 Å². The number of ether oxygens (including phenoxy) is 1. The summed E-state index contributed by atoms with van der Waals surface area (Å²) in [5.41, 5.74) is 2.27. The fourth-order valence-corrected chi connectivity index (χ4v) is 4.10. The molecule has 0 spiro atoms. The van der Waals surface area contributed by atoms with Crippen LogP contribution in [-0.4, -0.2) is 59.5 Å². The van der Waals surface area contributed by atoms with Crippen molar-refractivity contribution in [3.05, 3.63) is 36.0 Å². The van der Waals surface area contributed by atoms with Gasteiger partial charge in [0.2, 0.25) is 5.91 Å². The Morgan fingerprint density at radius 3 is 2.86 bits per heavy atom. The molecule has 1 atom stereocenters. The maximum absolute atomic E-state index is 12.3. The lowest BCUT2D eigenvalue weighted by atomic mass is 10.0. The van der Waals surface area contributed by atoms with Gasteiger partial charge in [-0.05, 0) is 56.9 Å². The van der Waals surface area contributed by atoms with Crippen molar-refractivity contribution in [3.8, 4) is 5.75 Å². The molecule has 1 saturated heterocycles. The smallest absolute Gasteiger partial charge is 0.223 e. The van der Waals surface area contributed by atoms with Crippen LogP contribution in [0.2, 0.25) is 0 Å². The molecule has 0 radical (unpaired) electrons. The Labute approximate surface area is 175 Å². The average molecular weight is 398 g/mol. The van der Waals surface area contributed by atoms with Crippen molar-refractivity contribution in [2.24, 2.45) is 0 Å². The quantitative estimate of drug-likeness (QED) is 0.600. The van der Waals surface area contributed by atoms with Gasteiger partial charge >= 0.3 is 0 Å². The van der Waals surface area contributed by atoms with Crippen LogP contribution in [0, 0.1) is 0 Å². The van der Waals surface area contributed by atoms with E-state index < -0.39 is 0 Å². The number of carbonyl (C=O) groups is 1. The van der Waals surface area contributed by atoms with E-state index in [0.717, 1.165) is 62.2 Å². The highest BCUT2D eigenvalue weighted by atomic mass is 16.5. The Balaban J connectivity index is 1.62. The third-order valence-electron chi connectivity index (χ3n) is 5.83. The number of fused-ring (bicyclic) bond motifs is 1. The van der Waals surface area contributed by atoms with Crippen molar-refractivity contribution in [1.29, 1.82) is 0 Å². The van der Waals surface area contributed by atoms with Gasteiger partial charge in [0, 0.05) is 50.7 Å². The summed E-state index contributed by atoms with van der Waals surface area (Å²) in [7, 11) is 0. The molecule has 5 heteroatoms. The molecule has 29 heavy (non-hydrogen) atoms. The minimum atomic E-state index is 0.158. The fraction of sp³-hybridized carbons (Fsp3) is 0.583. The number of aryl methyl sites for hydroxylation is 1. The molecule has 0 saturated carbocycles. The Kier molecular flexibility index (Phi) is 7.87. The first kappa shape index (κ1) is 21.6. The molecule has 1 aliphatic rings. The van der Waals surface area contributed by atoms with Crippen LogP contribution in [0.5, 0.6) is 5.75 Å². The van der Waals surface area contributed by atoms with Gasteiger partial charge in [0.25, 0.3) is 0 Å². The lowest BCUT2D eigenvalue weighted by Crippen LogP contribution is -2.34. The summed E-state index contributed by atoms with van der Waals surface area (Å²) < 4.78 is 6.44. The van der Waals surface area contributed by atoms with Crippen LogP contribution in [-0.2, 0) is 11.2 Å². The van der Waals surface area contributed by atoms with Crippen molar-refractivity contribution in [1.82, 2.24) is 14.8 Å². The molecule has 0 bridgehead atoms. The summed E-state index contributed by atoms with van der Waals surface area (Å²) in [6.45, 7) is 10.5. The second kappa shape index (κ2) is 10.6. The number of aromatic nitrogens is 1. The molecule has 1 fully saturated rings. The molecular formula is C24H35N3O2. The van der Waals surface area contributed by atoms with Crippen LogP contribution in [0.15, 0.2) is 30.5 Å². The van der Waals surface area contributed by atoms with Gasteiger partial charge in [-0.2, -0.15) is 0 Å². The predicted molar refractivity (Wildman–Crippen MR) is 118 cm³/mol. The van der Waals surface area contributed by atoms with E-state index in [2.05, 4.69) is 35.0 Å². The first-order valence-corrected chi connectivity index (χ1v) is 11.2. The third-order valence-corrected chi connectivity index (χ3v) is 5.83. The first-order chi connectivity index (χ1) is 14.1. The minimum absolute atomic E-state index is 0.158.